The predicted molar refractivity (Wildman–Crippen MR) is 85.3 cm³/mol. The number of aliphatic hydroxyl groups excluding tert-OH is 1. The van der Waals surface area contributed by atoms with Gasteiger partial charge in [-0.2, -0.15) is 0 Å². The number of sulfonamides is 1. The summed E-state index contributed by atoms with van der Waals surface area (Å²) in [5, 5.41) is 20.9. The second kappa shape index (κ2) is 9.46. The van der Waals surface area contributed by atoms with E-state index in [9.17, 15) is 18.3 Å². The molecule has 23 heavy (non-hydrogen) atoms. The maximum absolute atomic E-state index is 12.0. The molecular formula is C14H22N2O6S. The number of hydrogen-bond acceptors (Lipinski definition) is 6. The van der Waals surface area contributed by atoms with Crippen LogP contribution >= 0.6 is 0 Å². The van der Waals surface area contributed by atoms with Gasteiger partial charge in [0.25, 0.3) is 0 Å². The lowest BCUT2D eigenvalue weighted by atomic mass is 10.2. The van der Waals surface area contributed by atoms with E-state index in [0.717, 1.165) is 6.07 Å². The fourth-order valence-corrected chi connectivity index (χ4v) is 2.87. The maximum atomic E-state index is 12.0. The maximum Gasteiger partial charge on any atom is 0.337 e. The quantitative estimate of drug-likeness (QED) is 0.430. The van der Waals surface area contributed by atoms with Gasteiger partial charge in [0.2, 0.25) is 10.0 Å². The van der Waals surface area contributed by atoms with E-state index in [-0.39, 0.29) is 23.6 Å². The summed E-state index contributed by atoms with van der Waals surface area (Å²) in [6.45, 7) is 3.10. The van der Waals surface area contributed by atoms with Crippen LogP contribution in [0, 0.1) is 0 Å². The zero-order valence-corrected chi connectivity index (χ0v) is 13.7. The van der Waals surface area contributed by atoms with Crippen LogP contribution in [0.15, 0.2) is 23.1 Å². The first kappa shape index (κ1) is 19.4. The number of carboxylic acid groups (broad SMARTS) is 1. The third kappa shape index (κ3) is 6.14. The van der Waals surface area contributed by atoms with Crippen molar-refractivity contribution in [3.63, 3.8) is 0 Å². The van der Waals surface area contributed by atoms with Crippen molar-refractivity contribution in [2.75, 3.05) is 38.2 Å². The van der Waals surface area contributed by atoms with Crippen LogP contribution in [0.1, 0.15) is 23.7 Å². The molecule has 8 nitrogen and oxygen atoms in total. The largest absolute Gasteiger partial charge is 0.478 e. The van der Waals surface area contributed by atoms with E-state index >= 15 is 0 Å². The highest BCUT2D eigenvalue weighted by Gasteiger charge is 2.18. The van der Waals surface area contributed by atoms with Crippen molar-refractivity contribution < 1.29 is 28.2 Å². The second-order valence-electron chi connectivity index (χ2n) is 4.61. The van der Waals surface area contributed by atoms with E-state index in [4.69, 9.17) is 9.84 Å². The zero-order valence-electron chi connectivity index (χ0n) is 12.9. The number of rotatable bonds is 11. The molecule has 0 amide bonds. The highest BCUT2D eigenvalue weighted by atomic mass is 32.2. The molecule has 0 saturated carbocycles. The molecule has 0 unspecified atom stereocenters. The van der Waals surface area contributed by atoms with Gasteiger partial charge in [-0.25, -0.2) is 17.9 Å². The molecule has 0 bridgehead atoms. The summed E-state index contributed by atoms with van der Waals surface area (Å²) < 4.78 is 31.3. The first-order valence-electron chi connectivity index (χ1n) is 7.22. The molecule has 1 rings (SSSR count). The highest BCUT2D eigenvalue weighted by molar-refractivity contribution is 7.89. The van der Waals surface area contributed by atoms with Crippen LogP contribution in [0.4, 0.5) is 5.69 Å². The summed E-state index contributed by atoms with van der Waals surface area (Å²) in [5.41, 5.74) is 0.211. The number of carboxylic acids is 1. The van der Waals surface area contributed by atoms with Crippen LogP contribution in [-0.2, 0) is 14.8 Å². The van der Waals surface area contributed by atoms with Crippen LogP contribution in [0.3, 0.4) is 0 Å². The number of anilines is 1. The van der Waals surface area contributed by atoms with Crippen molar-refractivity contribution >= 4 is 21.7 Å². The number of ether oxygens (including phenoxy) is 1. The van der Waals surface area contributed by atoms with Gasteiger partial charge in [-0.1, -0.05) is 0 Å². The number of hydrogen-bond donors (Lipinski definition) is 4. The molecule has 0 aromatic heterocycles. The molecule has 130 valence electrons. The van der Waals surface area contributed by atoms with Crippen molar-refractivity contribution in [3.05, 3.63) is 23.8 Å². The minimum atomic E-state index is -3.85. The third-order valence-corrected chi connectivity index (χ3v) is 4.38. The van der Waals surface area contributed by atoms with Gasteiger partial charge >= 0.3 is 5.97 Å². The number of carbonyl (C=O) groups is 1. The molecule has 0 radical (unpaired) electrons. The minimum absolute atomic E-state index is 0.131. The molecule has 0 aliphatic carbocycles. The monoisotopic (exact) mass is 346 g/mol. The molecule has 4 N–H and O–H groups in total. The van der Waals surface area contributed by atoms with Crippen molar-refractivity contribution in [3.8, 4) is 0 Å². The van der Waals surface area contributed by atoms with Crippen LogP contribution in [0.2, 0.25) is 0 Å². The Hall–Kier alpha value is -1.68. The Morgan fingerprint density at radius 1 is 1.30 bits per heavy atom. The van der Waals surface area contributed by atoms with Crippen LogP contribution in [0.5, 0.6) is 0 Å². The first-order chi connectivity index (χ1) is 10.9. The molecule has 1 aromatic carbocycles. The summed E-state index contributed by atoms with van der Waals surface area (Å²) >= 11 is 0. The molecule has 0 spiro atoms. The van der Waals surface area contributed by atoms with Gasteiger partial charge in [0.15, 0.2) is 0 Å². The first-order valence-corrected chi connectivity index (χ1v) is 8.70. The predicted octanol–water partition coefficient (Wildman–Crippen LogP) is 0.494. The molecule has 0 aliphatic rings. The van der Waals surface area contributed by atoms with E-state index < -0.39 is 16.0 Å². The summed E-state index contributed by atoms with van der Waals surface area (Å²) in [6.07, 6.45) is 0.699. The lowest BCUT2D eigenvalue weighted by Gasteiger charge is -2.12. The summed E-state index contributed by atoms with van der Waals surface area (Å²) in [6, 6.07) is 3.82. The third-order valence-electron chi connectivity index (χ3n) is 2.92. The highest BCUT2D eigenvalue weighted by Crippen LogP contribution is 2.20. The van der Waals surface area contributed by atoms with Gasteiger partial charge in [0.05, 0.1) is 17.1 Å². The van der Waals surface area contributed by atoms with Crippen LogP contribution < -0.4 is 10.0 Å². The van der Waals surface area contributed by atoms with Gasteiger partial charge in [0, 0.05) is 32.0 Å². The summed E-state index contributed by atoms with van der Waals surface area (Å²) in [5.74, 6) is -1.23. The van der Waals surface area contributed by atoms with E-state index in [0.29, 0.717) is 31.9 Å². The SMILES string of the molecule is CCOCCCNc1ccc(S(=O)(=O)NCCO)cc1C(=O)O. The van der Waals surface area contributed by atoms with Gasteiger partial charge in [-0.3, -0.25) is 0 Å². The Morgan fingerprint density at radius 2 is 2.04 bits per heavy atom. The van der Waals surface area contributed by atoms with Gasteiger partial charge in [-0.15, -0.1) is 0 Å². The average molecular weight is 346 g/mol. The van der Waals surface area contributed by atoms with Crippen molar-refractivity contribution in [1.82, 2.24) is 4.72 Å². The molecular weight excluding hydrogens is 324 g/mol. The van der Waals surface area contributed by atoms with Crippen molar-refractivity contribution in [2.45, 2.75) is 18.2 Å². The van der Waals surface area contributed by atoms with E-state index in [2.05, 4.69) is 10.0 Å². The Bertz CT molecular complexity index is 618. The van der Waals surface area contributed by atoms with Gasteiger partial charge < -0.3 is 20.3 Å². The Balaban J connectivity index is 2.88. The minimum Gasteiger partial charge on any atom is -0.478 e. The van der Waals surface area contributed by atoms with Gasteiger partial charge in [0.1, 0.15) is 0 Å². The number of nitrogens with one attached hydrogen (secondary N) is 2. The molecule has 9 heteroatoms. The normalized spacial score (nSPS) is 11.4. The second-order valence-corrected chi connectivity index (χ2v) is 6.38. The Morgan fingerprint density at radius 3 is 2.65 bits per heavy atom. The molecule has 0 heterocycles. The molecule has 0 fully saturated rings. The molecule has 0 saturated heterocycles. The Labute approximate surface area is 135 Å². The fraction of sp³-hybridized carbons (Fsp3) is 0.500. The average Bonchev–Trinajstić information content (AvgIpc) is 2.52. The standard InChI is InChI=1S/C14H22N2O6S/c1-2-22-9-3-6-15-13-5-4-11(10-12(13)14(18)19)23(20,21)16-7-8-17/h4-5,10,15-17H,2-3,6-9H2,1H3,(H,18,19). The zero-order chi connectivity index (χ0) is 17.3. The molecule has 0 atom stereocenters. The number of aromatic carboxylic acids is 1. The van der Waals surface area contributed by atoms with Crippen LogP contribution in [-0.4, -0.2) is 57.5 Å². The smallest absolute Gasteiger partial charge is 0.337 e. The van der Waals surface area contributed by atoms with Crippen LogP contribution in [0.25, 0.3) is 0 Å². The van der Waals surface area contributed by atoms with E-state index in [1.54, 1.807) is 0 Å². The summed E-state index contributed by atoms with van der Waals surface area (Å²) in [7, 11) is -3.85. The number of benzene rings is 1. The van der Waals surface area contributed by atoms with E-state index in [1.807, 2.05) is 6.92 Å². The van der Waals surface area contributed by atoms with Crippen molar-refractivity contribution in [1.29, 1.82) is 0 Å². The lowest BCUT2D eigenvalue weighted by Crippen LogP contribution is -2.27. The fourth-order valence-electron chi connectivity index (χ4n) is 1.83. The topological polar surface area (TPSA) is 125 Å². The Kier molecular flexibility index (Phi) is 7.96. The van der Waals surface area contributed by atoms with E-state index in [1.165, 1.54) is 12.1 Å². The molecule has 0 aliphatic heterocycles. The van der Waals surface area contributed by atoms with Crippen molar-refractivity contribution in [2.24, 2.45) is 0 Å². The van der Waals surface area contributed by atoms with Gasteiger partial charge in [-0.05, 0) is 31.5 Å². The number of aliphatic hydroxyl groups is 1. The summed E-state index contributed by atoms with van der Waals surface area (Å²) in [4.78, 5) is 11.2. The lowest BCUT2D eigenvalue weighted by molar-refractivity contribution is 0.0697. The molecule has 1 aromatic rings.